The highest BCUT2D eigenvalue weighted by molar-refractivity contribution is 5.79. The number of hydrogen-bond acceptors (Lipinski definition) is 2. The molecule has 1 rings (SSSR count). The maximum Gasteiger partial charge on any atom is 0.573 e. The Labute approximate surface area is 79.0 Å². The monoisotopic (exact) mass is 203 g/mol. The SMILES string of the molecule is CN=Cc1ccc(OC(F)(F)F)cc1. The highest BCUT2D eigenvalue weighted by Crippen LogP contribution is 2.22. The number of nitrogens with zero attached hydrogens (tertiary/aromatic N) is 1. The number of benzene rings is 1. The standard InChI is InChI=1S/C9H8F3NO/c1-13-6-7-2-4-8(5-3-7)14-9(10,11)12/h2-6H,1H3. The van der Waals surface area contributed by atoms with Crippen molar-refractivity contribution in [2.24, 2.45) is 4.99 Å². The predicted octanol–water partition coefficient (Wildman–Crippen LogP) is 2.63. The Bertz CT molecular complexity index is 316. The van der Waals surface area contributed by atoms with Crippen LogP contribution >= 0.6 is 0 Å². The maximum absolute atomic E-state index is 11.7. The maximum atomic E-state index is 11.7. The molecule has 0 unspecified atom stereocenters. The van der Waals surface area contributed by atoms with E-state index < -0.39 is 6.36 Å². The van der Waals surface area contributed by atoms with E-state index in [-0.39, 0.29) is 5.75 Å². The normalized spacial score (nSPS) is 12.0. The first kappa shape index (κ1) is 10.6. The molecule has 2 nitrogen and oxygen atoms in total. The van der Waals surface area contributed by atoms with Gasteiger partial charge in [0.25, 0.3) is 0 Å². The number of rotatable bonds is 2. The van der Waals surface area contributed by atoms with Crippen LogP contribution in [0.2, 0.25) is 0 Å². The summed E-state index contributed by atoms with van der Waals surface area (Å²) in [7, 11) is 1.58. The van der Waals surface area contributed by atoms with Gasteiger partial charge in [-0.15, -0.1) is 13.2 Å². The lowest BCUT2D eigenvalue weighted by Gasteiger charge is -2.08. The molecule has 0 amide bonds. The quantitative estimate of drug-likeness (QED) is 0.677. The smallest absolute Gasteiger partial charge is 0.406 e. The van der Waals surface area contributed by atoms with E-state index >= 15 is 0 Å². The van der Waals surface area contributed by atoms with E-state index in [4.69, 9.17) is 0 Å². The summed E-state index contributed by atoms with van der Waals surface area (Å²) in [5.41, 5.74) is 0.724. The van der Waals surface area contributed by atoms with Crippen molar-refractivity contribution >= 4 is 6.21 Å². The molecule has 1 aromatic rings. The van der Waals surface area contributed by atoms with Crippen molar-refractivity contribution in [2.45, 2.75) is 6.36 Å². The summed E-state index contributed by atoms with van der Waals surface area (Å²) in [4.78, 5) is 3.72. The van der Waals surface area contributed by atoms with Gasteiger partial charge in [-0.25, -0.2) is 0 Å². The number of alkyl halides is 3. The summed E-state index contributed by atoms with van der Waals surface area (Å²) >= 11 is 0. The average molecular weight is 203 g/mol. The van der Waals surface area contributed by atoms with E-state index in [2.05, 4.69) is 9.73 Å². The lowest BCUT2D eigenvalue weighted by atomic mass is 10.2. The lowest BCUT2D eigenvalue weighted by Crippen LogP contribution is -2.16. The van der Waals surface area contributed by atoms with Gasteiger partial charge in [0.1, 0.15) is 5.75 Å². The van der Waals surface area contributed by atoms with Gasteiger partial charge in [-0.1, -0.05) is 0 Å². The van der Waals surface area contributed by atoms with Gasteiger partial charge in [-0.2, -0.15) is 0 Å². The summed E-state index contributed by atoms with van der Waals surface area (Å²) in [6.45, 7) is 0. The molecule has 76 valence electrons. The Kier molecular flexibility index (Phi) is 3.11. The van der Waals surface area contributed by atoms with Crippen LogP contribution in [-0.4, -0.2) is 19.6 Å². The molecule has 0 aliphatic heterocycles. The first-order valence-electron chi connectivity index (χ1n) is 3.79. The van der Waals surface area contributed by atoms with Gasteiger partial charge in [0.05, 0.1) is 0 Å². The van der Waals surface area contributed by atoms with Gasteiger partial charge >= 0.3 is 6.36 Å². The largest absolute Gasteiger partial charge is 0.573 e. The molecule has 0 fully saturated rings. The van der Waals surface area contributed by atoms with Gasteiger partial charge in [0.15, 0.2) is 0 Å². The third kappa shape index (κ3) is 3.47. The van der Waals surface area contributed by atoms with Gasteiger partial charge in [-0.05, 0) is 29.8 Å². The van der Waals surface area contributed by atoms with Gasteiger partial charge in [0, 0.05) is 13.3 Å². The number of ether oxygens (including phenoxy) is 1. The molecule has 0 heterocycles. The Balaban J connectivity index is 2.74. The van der Waals surface area contributed by atoms with Crippen molar-refractivity contribution in [2.75, 3.05) is 7.05 Å². The minimum Gasteiger partial charge on any atom is -0.406 e. The third-order valence-corrected chi connectivity index (χ3v) is 1.39. The minimum absolute atomic E-state index is 0.231. The fourth-order valence-electron chi connectivity index (χ4n) is 0.905. The topological polar surface area (TPSA) is 21.6 Å². The van der Waals surface area contributed by atoms with Crippen molar-refractivity contribution < 1.29 is 17.9 Å². The molecule has 0 bridgehead atoms. The summed E-state index contributed by atoms with van der Waals surface area (Å²) in [6.07, 6.45) is -3.10. The van der Waals surface area contributed by atoms with Gasteiger partial charge in [-0.3, -0.25) is 4.99 Å². The summed E-state index contributed by atoms with van der Waals surface area (Å²) in [6, 6.07) is 5.47. The first-order chi connectivity index (χ1) is 6.51. The Hall–Kier alpha value is -1.52. The Morgan fingerprint density at radius 2 is 1.79 bits per heavy atom. The second-order valence-corrected chi connectivity index (χ2v) is 2.50. The summed E-state index contributed by atoms with van der Waals surface area (Å²) in [5, 5.41) is 0. The highest BCUT2D eigenvalue weighted by atomic mass is 19.4. The van der Waals surface area contributed by atoms with Crippen LogP contribution in [-0.2, 0) is 0 Å². The zero-order chi connectivity index (χ0) is 10.6. The number of aliphatic imine (C=N–C) groups is 1. The van der Waals surface area contributed by atoms with Crippen molar-refractivity contribution in [3.8, 4) is 5.75 Å². The van der Waals surface area contributed by atoms with Crippen LogP contribution in [0.5, 0.6) is 5.75 Å². The molecule has 0 radical (unpaired) electrons. The minimum atomic E-state index is -4.64. The fourth-order valence-corrected chi connectivity index (χ4v) is 0.905. The van der Waals surface area contributed by atoms with E-state index in [1.807, 2.05) is 0 Å². The van der Waals surface area contributed by atoms with Gasteiger partial charge in [0.2, 0.25) is 0 Å². The average Bonchev–Trinajstić information content (AvgIpc) is 2.06. The zero-order valence-corrected chi connectivity index (χ0v) is 7.38. The number of halogens is 3. The second-order valence-electron chi connectivity index (χ2n) is 2.50. The predicted molar refractivity (Wildman–Crippen MR) is 46.6 cm³/mol. The lowest BCUT2D eigenvalue weighted by molar-refractivity contribution is -0.274. The van der Waals surface area contributed by atoms with Crippen molar-refractivity contribution in [1.29, 1.82) is 0 Å². The van der Waals surface area contributed by atoms with Crippen molar-refractivity contribution in [1.82, 2.24) is 0 Å². The van der Waals surface area contributed by atoms with E-state index in [9.17, 15) is 13.2 Å². The molecule has 0 aliphatic carbocycles. The van der Waals surface area contributed by atoms with E-state index in [0.717, 1.165) is 5.56 Å². The molecule has 0 spiro atoms. The van der Waals surface area contributed by atoms with E-state index in [1.54, 1.807) is 7.05 Å². The molecule has 0 N–H and O–H groups in total. The second kappa shape index (κ2) is 4.13. The Morgan fingerprint density at radius 1 is 1.21 bits per heavy atom. The zero-order valence-electron chi connectivity index (χ0n) is 7.38. The molecule has 5 heteroatoms. The fraction of sp³-hybridized carbons (Fsp3) is 0.222. The third-order valence-electron chi connectivity index (χ3n) is 1.39. The molecule has 1 aromatic carbocycles. The molecule has 0 aliphatic rings. The van der Waals surface area contributed by atoms with Crippen molar-refractivity contribution in [3.63, 3.8) is 0 Å². The molecule has 0 aromatic heterocycles. The molecule has 0 atom stereocenters. The van der Waals surface area contributed by atoms with Crippen LogP contribution in [0.4, 0.5) is 13.2 Å². The van der Waals surface area contributed by atoms with Gasteiger partial charge < -0.3 is 4.74 Å². The first-order valence-corrected chi connectivity index (χ1v) is 3.79. The van der Waals surface area contributed by atoms with Crippen LogP contribution in [0.3, 0.4) is 0 Å². The summed E-state index contributed by atoms with van der Waals surface area (Å²) < 4.78 is 38.9. The van der Waals surface area contributed by atoms with Crippen molar-refractivity contribution in [3.05, 3.63) is 29.8 Å². The van der Waals surface area contributed by atoms with Crippen LogP contribution in [0, 0.1) is 0 Å². The number of hydrogen-bond donors (Lipinski definition) is 0. The Morgan fingerprint density at radius 3 is 2.21 bits per heavy atom. The van der Waals surface area contributed by atoms with Crippen LogP contribution in [0.1, 0.15) is 5.56 Å². The van der Waals surface area contributed by atoms with Crippen LogP contribution in [0.15, 0.2) is 29.3 Å². The van der Waals surface area contributed by atoms with E-state index in [1.165, 1.54) is 30.5 Å². The van der Waals surface area contributed by atoms with E-state index in [0.29, 0.717) is 0 Å². The van der Waals surface area contributed by atoms with Crippen LogP contribution < -0.4 is 4.74 Å². The molecular formula is C9H8F3NO. The molecule has 14 heavy (non-hydrogen) atoms. The molecule has 0 saturated carbocycles. The molecule has 0 saturated heterocycles. The highest BCUT2D eigenvalue weighted by Gasteiger charge is 2.30. The van der Waals surface area contributed by atoms with Crippen LogP contribution in [0.25, 0.3) is 0 Å². The molecular weight excluding hydrogens is 195 g/mol. The summed E-state index contributed by atoms with van der Waals surface area (Å²) in [5.74, 6) is -0.231.